The highest BCUT2D eigenvalue weighted by molar-refractivity contribution is 4.76. The van der Waals surface area contributed by atoms with E-state index < -0.39 is 0 Å². The van der Waals surface area contributed by atoms with Crippen molar-refractivity contribution in [2.75, 3.05) is 26.2 Å². The topological polar surface area (TPSA) is 26.7 Å². The Morgan fingerprint density at radius 1 is 0.929 bits per heavy atom. The highest BCUT2D eigenvalue weighted by atomic mass is 16.3. The second-order valence-electron chi connectivity index (χ2n) is 4.51. The third kappa shape index (κ3) is 2.27. The minimum atomic E-state index is 0.330. The summed E-state index contributed by atoms with van der Waals surface area (Å²) < 4.78 is 0. The quantitative estimate of drug-likeness (QED) is 0.723. The van der Waals surface area contributed by atoms with Crippen LogP contribution >= 0.6 is 0 Å². The zero-order valence-corrected chi connectivity index (χ0v) is 8.99. The Bertz CT molecular complexity index is 169. The Labute approximate surface area is 86.7 Å². The molecule has 0 aliphatic carbocycles. The molecule has 0 aromatic rings. The molecular formula is C11H22N2O. The van der Waals surface area contributed by atoms with Gasteiger partial charge in [-0.1, -0.05) is 12.8 Å². The van der Waals surface area contributed by atoms with Gasteiger partial charge in [0.1, 0.15) is 0 Å². The summed E-state index contributed by atoms with van der Waals surface area (Å²) in [7, 11) is 0. The lowest BCUT2D eigenvalue weighted by Gasteiger charge is -2.44. The van der Waals surface area contributed by atoms with Crippen molar-refractivity contribution in [3.8, 4) is 0 Å². The monoisotopic (exact) mass is 198 g/mol. The first-order valence-electron chi connectivity index (χ1n) is 6.04. The van der Waals surface area contributed by atoms with Crippen LogP contribution in [0.3, 0.4) is 0 Å². The van der Waals surface area contributed by atoms with Crippen LogP contribution in [-0.2, 0) is 0 Å². The van der Waals surface area contributed by atoms with Gasteiger partial charge < -0.3 is 5.11 Å². The van der Waals surface area contributed by atoms with Crippen LogP contribution in [-0.4, -0.2) is 47.4 Å². The Kier molecular flexibility index (Phi) is 3.79. The summed E-state index contributed by atoms with van der Waals surface area (Å²) in [5.41, 5.74) is 0. The molecule has 3 nitrogen and oxygen atoms in total. The summed E-state index contributed by atoms with van der Waals surface area (Å²) in [4.78, 5) is 0. The fourth-order valence-electron chi connectivity index (χ4n) is 2.68. The van der Waals surface area contributed by atoms with E-state index in [9.17, 15) is 5.11 Å². The van der Waals surface area contributed by atoms with E-state index in [2.05, 4.69) is 10.0 Å². The molecule has 2 aliphatic rings. The second-order valence-corrected chi connectivity index (χ2v) is 4.51. The first-order valence-corrected chi connectivity index (χ1v) is 6.04. The molecule has 0 spiro atoms. The number of piperidine rings is 2. The van der Waals surface area contributed by atoms with Crippen molar-refractivity contribution in [3.63, 3.8) is 0 Å². The second kappa shape index (κ2) is 5.10. The van der Waals surface area contributed by atoms with Gasteiger partial charge in [-0.15, -0.1) is 0 Å². The van der Waals surface area contributed by atoms with Gasteiger partial charge in [0.2, 0.25) is 0 Å². The molecule has 0 amide bonds. The van der Waals surface area contributed by atoms with Crippen molar-refractivity contribution in [3.05, 3.63) is 0 Å². The van der Waals surface area contributed by atoms with Crippen LogP contribution in [0.25, 0.3) is 0 Å². The van der Waals surface area contributed by atoms with Gasteiger partial charge in [-0.25, -0.2) is 10.0 Å². The highest BCUT2D eigenvalue weighted by Gasteiger charge is 2.27. The zero-order chi connectivity index (χ0) is 9.80. The summed E-state index contributed by atoms with van der Waals surface area (Å²) in [6.45, 7) is 3.90. The van der Waals surface area contributed by atoms with Gasteiger partial charge in [0.15, 0.2) is 0 Å². The molecule has 2 rings (SSSR count). The minimum Gasteiger partial charge on any atom is -0.395 e. The minimum absolute atomic E-state index is 0.330. The predicted octanol–water partition coefficient (Wildman–Crippen LogP) is 1.23. The average Bonchev–Trinajstić information content (AvgIpc) is 2.30. The van der Waals surface area contributed by atoms with E-state index in [0.29, 0.717) is 12.6 Å². The van der Waals surface area contributed by atoms with Gasteiger partial charge in [-0.05, 0) is 25.7 Å². The van der Waals surface area contributed by atoms with Crippen molar-refractivity contribution < 1.29 is 5.11 Å². The molecule has 0 radical (unpaired) electrons. The molecule has 2 saturated heterocycles. The molecule has 2 aliphatic heterocycles. The maximum atomic E-state index is 9.32. The van der Waals surface area contributed by atoms with Crippen molar-refractivity contribution in [1.82, 2.24) is 10.0 Å². The first kappa shape index (κ1) is 10.4. The summed E-state index contributed by atoms with van der Waals surface area (Å²) in [6.07, 6.45) is 7.80. The van der Waals surface area contributed by atoms with Crippen molar-refractivity contribution in [2.45, 2.75) is 44.6 Å². The van der Waals surface area contributed by atoms with Gasteiger partial charge in [0, 0.05) is 25.7 Å². The number of hydrogen-bond acceptors (Lipinski definition) is 3. The third-order valence-corrected chi connectivity index (χ3v) is 3.50. The summed E-state index contributed by atoms with van der Waals surface area (Å²) >= 11 is 0. The van der Waals surface area contributed by atoms with Gasteiger partial charge in [0.25, 0.3) is 0 Å². The average molecular weight is 198 g/mol. The lowest BCUT2D eigenvalue weighted by Crippen LogP contribution is -2.54. The van der Waals surface area contributed by atoms with Crippen LogP contribution in [0, 0.1) is 0 Å². The van der Waals surface area contributed by atoms with Crippen molar-refractivity contribution in [1.29, 1.82) is 0 Å². The molecule has 2 heterocycles. The molecule has 1 unspecified atom stereocenters. The predicted molar refractivity (Wildman–Crippen MR) is 56.9 cm³/mol. The maximum Gasteiger partial charge on any atom is 0.0600 e. The van der Waals surface area contributed by atoms with Crippen LogP contribution in [0.4, 0.5) is 0 Å². The van der Waals surface area contributed by atoms with Crippen LogP contribution in [0.15, 0.2) is 0 Å². The van der Waals surface area contributed by atoms with Crippen molar-refractivity contribution >= 4 is 0 Å². The van der Waals surface area contributed by atoms with E-state index >= 15 is 0 Å². The largest absolute Gasteiger partial charge is 0.395 e. The van der Waals surface area contributed by atoms with E-state index in [1.165, 1.54) is 51.6 Å². The van der Waals surface area contributed by atoms with E-state index in [0.717, 1.165) is 6.54 Å². The van der Waals surface area contributed by atoms with Gasteiger partial charge >= 0.3 is 0 Å². The summed E-state index contributed by atoms with van der Waals surface area (Å²) in [5, 5.41) is 14.2. The van der Waals surface area contributed by atoms with Crippen LogP contribution in [0.1, 0.15) is 38.5 Å². The van der Waals surface area contributed by atoms with Crippen LogP contribution in [0.5, 0.6) is 0 Å². The molecule has 3 heteroatoms. The molecule has 82 valence electrons. The van der Waals surface area contributed by atoms with E-state index in [1.807, 2.05) is 0 Å². The SMILES string of the molecule is OCC1CCCCN1N1CCCCC1. The Hall–Kier alpha value is -0.120. The number of aliphatic hydroxyl groups is 1. The molecule has 2 fully saturated rings. The van der Waals surface area contributed by atoms with Gasteiger partial charge in [-0.2, -0.15) is 0 Å². The number of nitrogens with zero attached hydrogens (tertiary/aromatic N) is 2. The number of hydrazine groups is 1. The molecule has 0 aromatic heterocycles. The Morgan fingerprint density at radius 2 is 1.64 bits per heavy atom. The maximum absolute atomic E-state index is 9.32. The fourth-order valence-corrected chi connectivity index (χ4v) is 2.68. The Balaban J connectivity index is 1.91. The van der Waals surface area contributed by atoms with Crippen LogP contribution in [0.2, 0.25) is 0 Å². The van der Waals surface area contributed by atoms with Gasteiger partial charge in [0.05, 0.1) is 6.61 Å². The Morgan fingerprint density at radius 3 is 2.36 bits per heavy atom. The normalized spacial score (nSPS) is 31.9. The summed E-state index contributed by atoms with van der Waals surface area (Å²) in [6, 6.07) is 0.404. The van der Waals surface area contributed by atoms with Crippen LogP contribution < -0.4 is 0 Å². The number of aliphatic hydroxyl groups excluding tert-OH is 1. The third-order valence-electron chi connectivity index (χ3n) is 3.50. The zero-order valence-electron chi connectivity index (χ0n) is 8.99. The molecular weight excluding hydrogens is 176 g/mol. The summed E-state index contributed by atoms with van der Waals surface area (Å²) in [5.74, 6) is 0. The molecule has 1 N–H and O–H groups in total. The molecule has 1 atom stereocenters. The fraction of sp³-hybridized carbons (Fsp3) is 1.00. The lowest BCUT2D eigenvalue weighted by atomic mass is 10.0. The van der Waals surface area contributed by atoms with E-state index in [-0.39, 0.29) is 0 Å². The van der Waals surface area contributed by atoms with E-state index in [4.69, 9.17) is 0 Å². The molecule has 0 bridgehead atoms. The first-order chi connectivity index (χ1) is 6.92. The van der Waals surface area contributed by atoms with E-state index in [1.54, 1.807) is 0 Å². The smallest absolute Gasteiger partial charge is 0.0600 e. The van der Waals surface area contributed by atoms with Gasteiger partial charge in [-0.3, -0.25) is 0 Å². The number of hydrogen-bond donors (Lipinski definition) is 1. The molecule has 14 heavy (non-hydrogen) atoms. The standard InChI is InChI=1S/C11H22N2O/c14-10-11-6-2-5-9-13(11)12-7-3-1-4-8-12/h11,14H,1-10H2. The molecule has 0 saturated carbocycles. The molecule has 0 aromatic carbocycles. The number of rotatable bonds is 2. The lowest BCUT2D eigenvalue weighted by molar-refractivity contribution is -0.101. The van der Waals surface area contributed by atoms with Crippen molar-refractivity contribution in [2.24, 2.45) is 0 Å². The highest BCUT2D eigenvalue weighted by Crippen LogP contribution is 2.21.